The minimum absolute atomic E-state index is 0.0591. The monoisotopic (exact) mass is 267 g/mol. The minimum Gasteiger partial charge on any atom is -0.466 e. The van der Waals surface area contributed by atoms with E-state index in [2.05, 4.69) is 10.3 Å². The van der Waals surface area contributed by atoms with Gasteiger partial charge in [-0.3, -0.25) is 14.9 Å². The average molecular weight is 267 g/mol. The van der Waals surface area contributed by atoms with Crippen molar-refractivity contribution in [3.63, 3.8) is 0 Å². The lowest BCUT2D eigenvalue weighted by atomic mass is 10.2. The molecule has 1 rings (SSSR count). The molecule has 0 amide bonds. The second kappa shape index (κ2) is 7.30. The Bertz CT molecular complexity index is 462. The van der Waals surface area contributed by atoms with Crippen LogP contribution in [0.1, 0.15) is 25.3 Å². The molecule has 0 saturated carbocycles. The Labute approximate surface area is 111 Å². The molecule has 1 N–H and O–H groups in total. The fourth-order valence-electron chi connectivity index (χ4n) is 1.50. The van der Waals surface area contributed by atoms with Crippen molar-refractivity contribution >= 4 is 17.5 Å². The molecule has 0 unspecified atom stereocenters. The minimum atomic E-state index is -0.478. The summed E-state index contributed by atoms with van der Waals surface area (Å²) in [5.74, 6) is -0.0462. The second-order valence-corrected chi connectivity index (χ2v) is 3.97. The van der Waals surface area contributed by atoms with E-state index in [4.69, 9.17) is 4.74 Å². The number of aryl methyl sites for hydroxylation is 1. The molecule has 0 spiro atoms. The Morgan fingerprint density at radius 3 is 2.95 bits per heavy atom. The maximum absolute atomic E-state index is 11.1. The van der Waals surface area contributed by atoms with E-state index in [-0.39, 0.29) is 23.9 Å². The highest BCUT2D eigenvalue weighted by Crippen LogP contribution is 2.22. The molecular formula is C12H17N3O4. The van der Waals surface area contributed by atoms with E-state index in [0.717, 1.165) is 5.56 Å². The number of nitrogens with zero attached hydrogens (tertiary/aromatic N) is 2. The Hall–Kier alpha value is -2.18. The molecule has 0 fully saturated rings. The van der Waals surface area contributed by atoms with Gasteiger partial charge in [-0.1, -0.05) is 0 Å². The van der Waals surface area contributed by atoms with Gasteiger partial charge in [0.2, 0.25) is 5.82 Å². The highest BCUT2D eigenvalue weighted by atomic mass is 16.6. The van der Waals surface area contributed by atoms with Gasteiger partial charge in [-0.05, 0) is 25.8 Å². The van der Waals surface area contributed by atoms with Crippen molar-refractivity contribution < 1.29 is 14.5 Å². The van der Waals surface area contributed by atoms with Gasteiger partial charge in [0.15, 0.2) is 0 Å². The molecule has 1 heterocycles. The van der Waals surface area contributed by atoms with Crippen LogP contribution in [0.2, 0.25) is 0 Å². The van der Waals surface area contributed by atoms with Crippen molar-refractivity contribution in [1.29, 1.82) is 0 Å². The van der Waals surface area contributed by atoms with Crippen molar-refractivity contribution in [2.45, 2.75) is 26.7 Å². The van der Waals surface area contributed by atoms with Gasteiger partial charge in [0, 0.05) is 25.2 Å². The van der Waals surface area contributed by atoms with E-state index in [0.29, 0.717) is 19.6 Å². The molecule has 0 saturated heterocycles. The van der Waals surface area contributed by atoms with Crippen LogP contribution in [0.4, 0.5) is 11.5 Å². The molecule has 1 aromatic heterocycles. The summed E-state index contributed by atoms with van der Waals surface area (Å²) in [6.07, 6.45) is 2.37. The molecule has 104 valence electrons. The van der Waals surface area contributed by atoms with Crippen LogP contribution in [0.3, 0.4) is 0 Å². The van der Waals surface area contributed by atoms with Gasteiger partial charge >= 0.3 is 11.7 Å². The molecule has 0 bridgehead atoms. The Kier molecular flexibility index (Phi) is 5.72. The number of carbonyl (C=O) groups is 1. The van der Waals surface area contributed by atoms with Crippen molar-refractivity contribution in [3.05, 3.63) is 27.9 Å². The number of aromatic nitrogens is 1. The number of carbonyl (C=O) groups excluding carboxylic acids is 1. The zero-order valence-corrected chi connectivity index (χ0v) is 11.0. The lowest BCUT2D eigenvalue weighted by Crippen LogP contribution is -2.10. The zero-order valence-electron chi connectivity index (χ0n) is 11.0. The number of esters is 1. The van der Waals surface area contributed by atoms with Gasteiger partial charge in [0.05, 0.1) is 11.5 Å². The van der Waals surface area contributed by atoms with Crippen LogP contribution < -0.4 is 5.32 Å². The molecule has 19 heavy (non-hydrogen) atoms. The van der Waals surface area contributed by atoms with Gasteiger partial charge in [0.25, 0.3) is 0 Å². The van der Waals surface area contributed by atoms with E-state index < -0.39 is 4.92 Å². The van der Waals surface area contributed by atoms with Gasteiger partial charge in [-0.15, -0.1) is 0 Å². The predicted molar refractivity (Wildman–Crippen MR) is 70.0 cm³/mol. The number of nitro groups is 1. The molecular weight excluding hydrogens is 250 g/mol. The normalized spacial score (nSPS) is 10.0. The third kappa shape index (κ3) is 4.90. The first-order chi connectivity index (χ1) is 9.04. The number of pyridine rings is 1. The summed E-state index contributed by atoms with van der Waals surface area (Å²) in [7, 11) is 0. The number of rotatable bonds is 7. The quantitative estimate of drug-likeness (QED) is 0.351. The third-order valence-corrected chi connectivity index (χ3v) is 2.36. The Morgan fingerprint density at radius 1 is 1.58 bits per heavy atom. The van der Waals surface area contributed by atoms with Crippen LogP contribution in [0, 0.1) is 17.0 Å². The average Bonchev–Trinajstić information content (AvgIpc) is 2.36. The van der Waals surface area contributed by atoms with Gasteiger partial charge in [-0.2, -0.15) is 0 Å². The van der Waals surface area contributed by atoms with Crippen LogP contribution in [0.5, 0.6) is 0 Å². The molecule has 0 aliphatic carbocycles. The fraction of sp³-hybridized carbons (Fsp3) is 0.500. The zero-order chi connectivity index (χ0) is 14.3. The van der Waals surface area contributed by atoms with Crippen molar-refractivity contribution in [3.8, 4) is 0 Å². The van der Waals surface area contributed by atoms with E-state index in [9.17, 15) is 14.9 Å². The molecule has 7 heteroatoms. The first-order valence-electron chi connectivity index (χ1n) is 6.05. The number of ether oxygens (including phenoxy) is 1. The highest BCUT2D eigenvalue weighted by Gasteiger charge is 2.14. The summed E-state index contributed by atoms with van der Waals surface area (Å²) in [4.78, 5) is 25.5. The molecule has 0 radical (unpaired) electrons. The first-order valence-corrected chi connectivity index (χ1v) is 6.05. The summed E-state index contributed by atoms with van der Waals surface area (Å²) < 4.78 is 4.78. The Morgan fingerprint density at radius 2 is 2.32 bits per heavy atom. The summed E-state index contributed by atoms with van der Waals surface area (Å²) in [6.45, 7) is 4.27. The standard InChI is InChI=1S/C12H17N3O4/c1-3-19-11(16)5-4-6-13-12-10(15(17)18)7-9(2)8-14-12/h7-8H,3-6H2,1-2H3,(H,13,14). The Balaban J connectivity index is 2.49. The molecule has 0 aromatic carbocycles. The van der Waals surface area contributed by atoms with Crippen LogP contribution in [-0.4, -0.2) is 29.0 Å². The summed E-state index contributed by atoms with van der Waals surface area (Å²) in [6, 6.07) is 1.46. The van der Waals surface area contributed by atoms with Crippen LogP contribution in [0.25, 0.3) is 0 Å². The fourth-order valence-corrected chi connectivity index (χ4v) is 1.50. The summed E-state index contributed by atoms with van der Waals surface area (Å²) in [5, 5.41) is 13.7. The lowest BCUT2D eigenvalue weighted by molar-refractivity contribution is -0.384. The highest BCUT2D eigenvalue weighted by molar-refractivity contribution is 5.69. The van der Waals surface area contributed by atoms with Crippen molar-refractivity contribution in [1.82, 2.24) is 4.98 Å². The SMILES string of the molecule is CCOC(=O)CCCNc1ncc(C)cc1[N+](=O)[O-]. The lowest BCUT2D eigenvalue weighted by Gasteiger charge is -2.06. The first kappa shape index (κ1) is 14.9. The molecule has 1 aromatic rings. The number of hydrogen-bond acceptors (Lipinski definition) is 6. The maximum Gasteiger partial charge on any atom is 0.311 e. The largest absolute Gasteiger partial charge is 0.466 e. The van der Waals surface area contributed by atoms with Crippen molar-refractivity contribution in [2.24, 2.45) is 0 Å². The van der Waals surface area contributed by atoms with Gasteiger partial charge in [0.1, 0.15) is 0 Å². The van der Waals surface area contributed by atoms with Gasteiger partial charge < -0.3 is 10.1 Å². The number of hydrogen-bond donors (Lipinski definition) is 1. The van der Waals surface area contributed by atoms with Crippen LogP contribution in [-0.2, 0) is 9.53 Å². The van der Waals surface area contributed by atoms with Crippen LogP contribution >= 0.6 is 0 Å². The van der Waals surface area contributed by atoms with Crippen molar-refractivity contribution in [2.75, 3.05) is 18.5 Å². The van der Waals surface area contributed by atoms with E-state index in [1.165, 1.54) is 6.07 Å². The van der Waals surface area contributed by atoms with E-state index in [1.54, 1.807) is 20.0 Å². The smallest absolute Gasteiger partial charge is 0.311 e. The molecule has 0 aliphatic heterocycles. The number of nitrogens with one attached hydrogen (secondary N) is 1. The topological polar surface area (TPSA) is 94.4 Å². The molecule has 0 aliphatic rings. The maximum atomic E-state index is 11.1. The predicted octanol–water partition coefficient (Wildman–Crippen LogP) is 2.05. The third-order valence-electron chi connectivity index (χ3n) is 2.36. The van der Waals surface area contributed by atoms with Crippen LogP contribution in [0.15, 0.2) is 12.3 Å². The number of anilines is 1. The van der Waals surface area contributed by atoms with E-state index >= 15 is 0 Å². The summed E-state index contributed by atoms with van der Waals surface area (Å²) >= 11 is 0. The molecule has 0 atom stereocenters. The van der Waals surface area contributed by atoms with E-state index in [1.807, 2.05) is 0 Å². The second-order valence-electron chi connectivity index (χ2n) is 3.97. The summed E-state index contributed by atoms with van der Waals surface area (Å²) in [5.41, 5.74) is 0.667. The molecule has 7 nitrogen and oxygen atoms in total. The van der Waals surface area contributed by atoms with Gasteiger partial charge in [-0.25, -0.2) is 4.98 Å².